The van der Waals surface area contributed by atoms with Crippen LogP contribution in [0.2, 0.25) is 0 Å². The summed E-state index contributed by atoms with van der Waals surface area (Å²) in [5, 5.41) is 2.47. The number of benzene rings is 5. The highest BCUT2D eigenvalue weighted by Gasteiger charge is 2.20. The summed E-state index contributed by atoms with van der Waals surface area (Å²) in [4.78, 5) is 4.61. The van der Waals surface area contributed by atoms with Crippen molar-refractivity contribution < 1.29 is 0 Å². The van der Waals surface area contributed by atoms with Crippen molar-refractivity contribution >= 4 is 10.8 Å². The van der Waals surface area contributed by atoms with Crippen LogP contribution >= 0.6 is 0 Å². The molecule has 0 radical (unpaired) electrons. The Labute approximate surface area is 199 Å². The van der Waals surface area contributed by atoms with Crippen LogP contribution in [-0.4, -0.2) is 9.55 Å². The Morgan fingerprint density at radius 2 is 1.15 bits per heavy atom. The molecule has 1 atom stereocenters. The van der Waals surface area contributed by atoms with Crippen LogP contribution in [0.5, 0.6) is 0 Å². The van der Waals surface area contributed by atoms with Crippen molar-refractivity contribution in [3.05, 3.63) is 151 Å². The van der Waals surface area contributed by atoms with E-state index in [-0.39, 0.29) is 6.04 Å². The second kappa shape index (κ2) is 8.84. The molecule has 0 aliphatic rings. The van der Waals surface area contributed by atoms with E-state index in [9.17, 15) is 0 Å². The molecule has 2 nitrogen and oxygen atoms in total. The smallest absolute Gasteiger partial charge is 0.0959 e. The Balaban J connectivity index is 1.50. The Morgan fingerprint density at radius 3 is 1.94 bits per heavy atom. The van der Waals surface area contributed by atoms with Gasteiger partial charge in [0.2, 0.25) is 0 Å². The summed E-state index contributed by atoms with van der Waals surface area (Å²) in [6.45, 7) is 0. The normalized spacial score (nSPS) is 12.0. The summed E-state index contributed by atoms with van der Waals surface area (Å²) in [6.07, 6.45) is 3.94. The fourth-order valence-corrected chi connectivity index (χ4v) is 4.81. The second-order valence-electron chi connectivity index (χ2n) is 8.51. The van der Waals surface area contributed by atoms with E-state index in [1.807, 2.05) is 12.5 Å². The third kappa shape index (κ3) is 3.70. The number of nitrogens with zero attached hydrogens (tertiary/aromatic N) is 2. The molecule has 0 aliphatic carbocycles. The lowest BCUT2D eigenvalue weighted by Gasteiger charge is -2.23. The molecule has 2 heteroatoms. The summed E-state index contributed by atoms with van der Waals surface area (Å²) in [7, 11) is 0. The van der Waals surface area contributed by atoms with E-state index < -0.39 is 0 Å². The molecule has 1 aromatic heterocycles. The molecule has 6 aromatic rings. The number of hydrogen-bond acceptors (Lipinski definition) is 1. The number of hydrogen-bond donors (Lipinski definition) is 0. The molecule has 0 bridgehead atoms. The lowest BCUT2D eigenvalue weighted by Crippen LogP contribution is -2.12. The van der Waals surface area contributed by atoms with Crippen molar-refractivity contribution in [2.45, 2.75) is 6.04 Å². The van der Waals surface area contributed by atoms with Crippen molar-refractivity contribution in [3.63, 3.8) is 0 Å². The van der Waals surface area contributed by atoms with Crippen molar-refractivity contribution in [1.29, 1.82) is 0 Å². The average molecular weight is 437 g/mol. The Kier molecular flexibility index (Phi) is 5.25. The zero-order chi connectivity index (χ0) is 22.7. The van der Waals surface area contributed by atoms with E-state index in [0.717, 1.165) is 5.69 Å². The van der Waals surface area contributed by atoms with Crippen LogP contribution in [0.1, 0.15) is 17.2 Å². The first-order valence-electron chi connectivity index (χ1n) is 11.6. The summed E-state index contributed by atoms with van der Waals surface area (Å²) < 4.78 is 2.30. The summed E-state index contributed by atoms with van der Waals surface area (Å²) in [5.41, 5.74) is 7.20. The molecule has 162 valence electrons. The lowest BCUT2D eigenvalue weighted by molar-refractivity contribution is 0.683. The number of aromatic nitrogens is 2. The number of imidazole rings is 1. The molecule has 0 saturated heterocycles. The van der Waals surface area contributed by atoms with Crippen molar-refractivity contribution in [2.75, 3.05) is 0 Å². The van der Waals surface area contributed by atoms with Gasteiger partial charge in [-0.05, 0) is 33.0 Å². The monoisotopic (exact) mass is 436 g/mol. The van der Waals surface area contributed by atoms with E-state index in [1.165, 1.54) is 38.6 Å². The van der Waals surface area contributed by atoms with E-state index in [2.05, 4.69) is 137 Å². The number of fused-ring (bicyclic) bond motifs is 1. The van der Waals surface area contributed by atoms with Gasteiger partial charge in [-0.2, -0.15) is 0 Å². The highest BCUT2D eigenvalue weighted by molar-refractivity contribution is 5.95. The molecular formula is C32H24N2. The third-order valence-corrected chi connectivity index (χ3v) is 6.46. The van der Waals surface area contributed by atoms with Gasteiger partial charge >= 0.3 is 0 Å². The highest BCUT2D eigenvalue weighted by atomic mass is 15.1. The van der Waals surface area contributed by atoms with Crippen LogP contribution in [0.15, 0.2) is 140 Å². The van der Waals surface area contributed by atoms with Gasteiger partial charge in [0.1, 0.15) is 0 Å². The van der Waals surface area contributed by atoms with Gasteiger partial charge in [0.25, 0.3) is 0 Å². The average Bonchev–Trinajstić information content (AvgIpc) is 3.39. The highest BCUT2D eigenvalue weighted by Crippen LogP contribution is 2.35. The molecule has 0 saturated carbocycles. The minimum atomic E-state index is 0.0162. The fraction of sp³-hybridized carbons (Fsp3) is 0.0312. The minimum absolute atomic E-state index is 0.0162. The second-order valence-corrected chi connectivity index (χ2v) is 8.51. The molecular weight excluding hydrogens is 412 g/mol. The standard InChI is InChI=1S/C32H24N2/c1-3-10-24(11-4-1)25-18-20-28(21-19-25)32(27-13-5-2-6-14-27)34-23-33-22-31(34)30-17-9-15-26-12-7-8-16-29(26)30/h1-23,32H/t32-/m0/s1. The van der Waals surface area contributed by atoms with Crippen LogP contribution in [0.25, 0.3) is 33.2 Å². The molecule has 0 fully saturated rings. The van der Waals surface area contributed by atoms with E-state index in [1.54, 1.807) is 0 Å². The maximum absolute atomic E-state index is 4.61. The molecule has 6 rings (SSSR count). The molecule has 0 aliphatic heterocycles. The zero-order valence-corrected chi connectivity index (χ0v) is 18.8. The summed E-state index contributed by atoms with van der Waals surface area (Å²) in [5.74, 6) is 0. The van der Waals surface area contributed by atoms with E-state index in [0.29, 0.717) is 0 Å². The quantitative estimate of drug-likeness (QED) is 0.268. The third-order valence-electron chi connectivity index (χ3n) is 6.46. The lowest BCUT2D eigenvalue weighted by atomic mass is 9.95. The first kappa shape index (κ1) is 20.2. The number of rotatable bonds is 5. The topological polar surface area (TPSA) is 17.8 Å². The molecule has 34 heavy (non-hydrogen) atoms. The van der Waals surface area contributed by atoms with Gasteiger partial charge in [-0.1, -0.05) is 127 Å². The molecule has 0 amide bonds. The van der Waals surface area contributed by atoms with Gasteiger partial charge < -0.3 is 4.57 Å². The maximum Gasteiger partial charge on any atom is 0.0959 e. The van der Waals surface area contributed by atoms with Crippen LogP contribution in [0, 0.1) is 0 Å². The Bertz CT molecular complexity index is 1530. The van der Waals surface area contributed by atoms with Gasteiger partial charge in [-0.25, -0.2) is 4.98 Å². The van der Waals surface area contributed by atoms with Crippen molar-refractivity contribution in [2.24, 2.45) is 0 Å². The zero-order valence-electron chi connectivity index (χ0n) is 18.8. The minimum Gasteiger partial charge on any atom is -0.319 e. The van der Waals surface area contributed by atoms with Gasteiger partial charge in [0.15, 0.2) is 0 Å². The van der Waals surface area contributed by atoms with Crippen LogP contribution in [0.3, 0.4) is 0 Å². The Morgan fingerprint density at radius 1 is 0.529 bits per heavy atom. The largest absolute Gasteiger partial charge is 0.319 e. The van der Waals surface area contributed by atoms with Crippen LogP contribution < -0.4 is 0 Å². The SMILES string of the molecule is c1ccc(-c2ccc([C@H](c3ccccc3)n3cncc3-c3cccc4ccccc34)cc2)cc1. The van der Waals surface area contributed by atoms with Crippen molar-refractivity contribution in [1.82, 2.24) is 9.55 Å². The van der Waals surface area contributed by atoms with Gasteiger partial charge in [-0.3, -0.25) is 0 Å². The first-order valence-corrected chi connectivity index (χ1v) is 11.6. The summed E-state index contributed by atoms with van der Waals surface area (Å²) in [6, 6.07) is 45.1. The molecule has 0 spiro atoms. The van der Waals surface area contributed by atoms with Gasteiger partial charge in [0, 0.05) is 5.56 Å². The van der Waals surface area contributed by atoms with Gasteiger partial charge in [-0.15, -0.1) is 0 Å². The first-order chi connectivity index (χ1) is 16.9. The van der Waals surface area contributed by atoms with E-state index >= 15 is 0 Å². The van der Waals surface area contributed by atoms with Crippen LogP contribution in [0.4, 0.5) is 0 Å². The van der Waals surface area contributed by atoms with Gasteiger partial charge in [0.05, 0.1) is 24.3 Å². The van der Waals surface area contributed by atoms with Crippen molar-refractivity contribution in [3.8, 4) is 22.4 Å². The van der Waals surface area contributed by atoms with Crippen LogP contribution in [-0.2, 0) is 0 Å². The molecule has 5 aromatic carbocycles. The predicted molar refractivity (Wildman–Crippen MR) is 141 cm³/mol. The molecule has 0 N–H and O–H groups in total. The molecule has 1 heterocycles. The fourth-order valence-electron chi connectivity index (χ4n) is 4.81. The Hall–Kier alpha value is -4.43. The van der Waals surface area contributed by atoms with E-state index in [4.69, 9.17) is 0 Å². The predicted octanol–water partition coefficient (Wildman–Crippen LogP) is 8.01. The molecule has 0 unspecified atom stereocenters. The summed E-state index contributed by atoms with van der Waals surface area (Å²) >= 11 is 0. The maximum atomic E-state index is 4.61.